The molecule has 2 rings (SSSR count). The molecule has 5 heteroatoms. The monoisotopic (exact) mass is 294 g/mol. The highest BCUT2D eigenvalue weighted by atomic mass is 16.5. The van der Waals surface area contributed by atoms with Crippen LogP contribution in [0.15, 0.2) is 18.2 Å². The van der Waals surface area contributed by atoms with Gasteiger partial charge in [-0.2, -0.15) is 0 Å². The van der Waals surface area contributed by atoms with Gasteiger partial charge < -0.3 is 19.9 Å². The highest BCUT2D eigenvalue weighted by molar-refractivity contribution is 5.42. The van der Waals surface area contributed by atoms with Gasteiger partial charge in [-0.05, 0) is 19.9 Å². The number of nitrogens with two attached hydrogens (primary N) is 1. The maximum absolute atomic E-state index is 6.05. The van der Waals surface area contributed by atoms with Crippen molar-refractivity contribution in [3.05, 3.63) is 23.8 Å². The number of hydrogen-bond donors (Lipinski definition) is 1. The summed E-state index contributed by atoms with van der Waals surface area (Å²) in [6.45, 7) is 7.21. The fourth-order valence-electron chi connectivity index (χ4n) is 2.89. The van der Waals surface area contributed by atoms with Gasteiger partial charge in [0.25, 0.3) is 0 Å². The number of hydrogen-bond acceptors (Lipinski definition) is 5. The molecule has 0 radical (unpaired) electrons. The molecule has 0 saturated carbocycles. The van der Waals surface area contributed by atoms with Crippen molar-refractivity contribution in [2.75, 3.05) is 40.5 Å². The fraction of sp³-hybridized carbons (Fsp3) is 0.625. The van der Waals surface area contributed by atoms with E-state index in [2.05, 4.69) is 18.7 Å². The number of ether oxygens (including phenoxy) is 3. The molecular weight excluding hydrogens is 268 g/mol. The van der Waals surface area contributed by atoms with E-state index in [1.54, 1.807) is 14.2 Å². The first-order chi connectivity index (χ1) is 10.0. The maximum atomic E-state index is 6.05. The van der Waals surface area contributed by atoms with Gasteiger partial charge in [0, 0.05) is 31.3 Å². The Morgan fingerprint density at radius 3 is 2.67 bits per heavy atom. The van der Waals surface area contributed by atoms with Crippen LogP contribution >= 0.6 is 0 Å². The van der Waals surface area contributed by atoms with Gasteiger partial charge in [0.15, 0.2) is 0 Å². The molecule has 118 valence electrons. The van der Waals surface area contributed by atoms with E-state index in [0.717, 1.165) is 36.8 Å². The molecule has 0 amide bonds. The van der Waals surface area contributed by atoms with Crippen molar-refractivity contribution < 1.29 is 14.2 Å². The highest BCUT2D eigenvalue weighted by Gasteiger charge is 2.32. The average molecular weight is 294 g/mol. The van der Waals surface area contributed by atoms with Crippen LogP contribution in [0.1, 0.15) is 25.5 Å². The summed E-state index contributed by atoms with van der Waals surface area (Å²) < 4.78 is 16.6. The van der Waals surface area contributed by atoms with Crippen molar-refractivity contribution in [2.45, 2.75) is 25.5 Å². The van der Waals surface area contributed by atoms with Crippen LogP contribution in [0.25, 0.3) is 0 Å². The SMILES string of the molecule is COc1ccc(C(CN)N2CCOC(C)(C)C2)c(OC)c1. The molecule has 1 unspecified atom stereocenters. The quantitative estimate of drug-likeness (QED) is 0.897. The predicted octanol–water partition coefficient (Wildman–Crippen LogP) is 1.81. The number of morpholine rings is 1. The van der Waals surface area contributed by atoms with E-state index in [0.29, 0.717) is 6.54 Å². The molecule has 2 N–H and O–H groups in total. The Morgan fingerprint density at radius 2 is 2.10 bits per heavy atom. The molecule has 1 aliphatic heterocycles. The molecule has 1 aromatic rings. The molecule has 1 saturated heterocycles. The first-order valence-corrected chi connectivity index (χ1v) is 7.30. The third-order valence-electron chi connectivity index (χ3n) is 3.92. The minimum absolute atomic E-state index is 0.119. The molecular formula is C16H26N2O3. The Kier molecular flexibility index (Phi) is 5.08. The average Bonchev–Trinajstić information content (AvgIpc) is 2.47. The molecule has 1 atom stereocenters. The van der Waals surface area contributed by atoms with Crippen molar-refractivity contribution in [1.82, 2.24) is 4.90 Å². The Hall–Kier alpha value is -1.30. The summed E-state index contributed by atoms with van der Waals surface area (Å²) >= 11 is 0. The van der Waals surface area contributed by atoms with Gasteiger partial charge in [-0.1, -0.05) is 6.07 Å². The van der Waals surface area contributed by atoms with Gasteiger partial charge in [0.05, 0.1) is 32.5 Å². The van der Waals surface area contributed by atoms with E-state index >= 15 is 0 Å². The zero-order valence-corrected chi connectivity index (χ0v) is 13.4. The van der Waals surface area contributed by atoms with Gasteiger partial charge in [-0.25, -0.2) is 0 Å². The van der Waals surface area contributed by atoms with Crippen molar-refractivity contribution in [1.29, 1.82) is 0 Å². The second-order valence-electron chi connectivity index (χ2n) is 5.94. The van der Waals surface area contributed by atoms with E-state index in [1.165, 1.54) is 0 Å². The molecule has 1 heterocycles. The predicted molar refractivity (Wildman–Crippen MR) is 82.9 cm³/mol. The summed E-state index contributed by atoms with van der Waals surface area (Å²) in [7, 11) is 3.33. The van der Waals surface area contributed by atoms with Gasteiger partial charge in [0.2, 0.25) is 0 Å². The minimum Gasteiger partial charge on any atom is -0.497 e. The molecule has 5 nitrogen and oxygen atoms in total. The lowest BCUT2D eigenvalue weighted by molar-refractivity contribution is -0.0969. The molecule has 0 spiro atoms. The van der Waals surface area contributed by atoms with Gasteiger partial charge >= 0.3 is 0 Å². The second kappa shape index (κ2) is 6.64. The lowest BCUT2D eigenvalue weighted by Gasteiger charge is -2.42. The minimum atomic E-state index is -0.147. The standard InChI is InChI=1S/C16H26N2O3/c1-16(2)11-18(7-8-21-16)14(10-17)13-6-5-12(19-3)9-15(13)20-4/h5-6,9,14H,7-8,10-11,17H2,1-4H3. The van der Waals surface area contributed by atoms with Crippen LogP contribution in [0, 0.1) is 0 Å². The van der Waals surface area contributed by atoms with Crippen molar-refractivity contribution in [3.8, 4) is 11.5 Å². The summed E-state index contributed by atoms with van der Waals surface area (Å²) in [6, 6.07) is 6.02. The van der Waals surface area contributed by atoms with Crippen LogP contribution < -0.4 is 15.2 Å². The molecule has 1 aromatic carbocycles. The summed E-state index contributed by atoms with van der Waals surface area (Å²) in [5.74, 6) is 1.60. The molecule has 1 aliphatic rings. The summed E-state index contributed by atoms with van der Waals surface area (Å²) in [6.07, 6.45) is 0. The van der Waals surface area contributed by atoms with E-state index in [-0.39, 0.29) is 11.6 Å². The van der Waals surface area contributed by atoms with Crippen molar-refractivity contribution in [2.24, 2.45) is 5.73 Å². The molecule has 0 aromatic heterocycles. The van der Waals surface area contributed by atoms with Crippen molar-refractivity contribution in [3.63, 3.8) is 0 Å². The fourth-order valence-corrected chi connectivity index (χ4v) is 2.89. The van der Waals surface area contributed by atoms with Crippen LogP contribution in [0.4, 0.5) is 0 Å². The lowest BCUT2D eigenvalue weighted by Crippen LogP contribution is -2.50. The number of nitrogens with zero attached hydrogens (tertiary/aromatic N) is 1. The third-order valence-corrected chi connectivity index (χ3v) is 3.92. The first-order valence-electron chi connectivity index (χ1n) is 7.30. The van der Waals surface area contributed by atoms with Gasteiger partial charge in [-0.3, -0.25) is 4.90 Å². The van der Waals surface area contributed by atoms with Gasteiger partial charge in [-0.15, -0.1) is 0 Å². The normalized spacial score (nSPS) is 20.0. The van der Waals surface area contributed by atoms with Crippen molar-refractivity contribution >= 4 is 0 Å². The molecule has 21 heavy (non-hydrogen) atoms. The zero-order chi connectivity index (χ0) is 15.5. The third kappa shape index (κ3) is 3.67. The van der Waals surface area contributed by atoms with Gasteiger partial charge in [0.1, 0.15) is 11.5 Å². The maximum Gasteiger partial charge on any atom is 0.127 e. The van der Waals surface area contributed by atoms with Crippen LogP contribution in [-0.4, -0.2) is 51.0 Å². The summed E-state index contributed by atoms with van der Waals surface area (Å²) in [5, 5.41) is 0. The molecule has 0 aliphatic carbocycles. The Morgan fingerprint density at radius 1 is 1.33 bits per heavy atom. The lowest BCUT2D eigenvalue weighted by atomic mass is 9.99. The Balaban J connectivity index is 2.28. The Bertz CT molecular complexity index is 477. The zero-order valence-electron chi connectivity index (χ0n) is 13.4. The van der Waals surface area contributed by atoms with E-state index in [9.17, 15) is 0 Å². The van der Waals surface area contributed by atoms with Crippen LogP contribution in [-0.2, 0) is 4.74 Å². The van der Waals surface area contributed by atoms with Crippen LogP contribution in [0.3, 0.4) is 0 Å². The summed E-state index contributed by atoms with van der Waals surface area (Å²) in [4.78, 5) is 2.37. The van der Waals surface area contributed by atoms with Crippen LogP contribution in [0.5, 0.6) is 11.5 Å². The molecule has 1 fully saturated rings. The number of benzene rings is 1. The van der Waals surface area contributed by atoms with E-state index in [1.807, 2.05) is 18.2 Å². The molecule has 0 bridgehead atoms. The smallest absolute Gasteiger partial charge is 0.127 e. The van der Waals surface area contributed by atoms with E-state index < -0.39 is 0 Å². The topological polar surface area (TPSA) is 57.0 Å². The number of methoxy groups -OCH3 is 2. The highest BCUT2D eigenvalue weighted by Crippen LogP contribution is 2.34. The van der Waals surface area contributed by atoms with Crippen LogP contribution in [0.2, 0.25) is 0 Å². The second-order valence-corrected chi connectivity index (χ2v) is 5.94. The largest absolute Gasteiger partial charge is 0.497 e. The number of rotatable bonds is 5. The Labute approximate surface area is 127 Å². The van der Waals surface area contributed by atoms with E-state index in [4.69, 9.17) is 19.9 Å². The first kappa shape index (κ1) is 16.1. The summed E-state index contributed by atoms with van der Waals surface area (Å²) in [5.41, 5.74) is 7.00.